The van der Waals surface area contributed by atoms with Crippen LogP contribution in [0.3, 0.4) is 0 Å². The van der Waals surface area contributed by atoms with Crippen LogP contribution in [-0.4, -0.2) is 39.4 Å². The van der Waals surface area contributed by atoms with E-state index in [1.165, 1.54) is 0 Å². The van der Waals surface area contributed by atoms with E-state index in [-0.39, 0.29) is 5.25 Å². The van der Waals surface area contributed by atoms with Crippen LogP contribution in [0.1, 0.15) is 19.3 Å². The molecule has 7 heteroatoms. The van der Waals surface area contributed by atoms with Crippen LogP contribution in [0.4, 0.5) is 0 Å². The minimum atomic E-state index is -2.97. The Morgan fingerprint density at radius 1 is 1.39 bits per heavy atom. The lowest BCUT2D eigenvalue weighted by molar-refractivity contribution is 0.490. The Kier molecular flexibility index (Phi) is 2.77. The molecular formula is C11H14N4O2S. The first-order chi connectivity index (χ1) is 8.67. The Morgan fingerprint density at radius 3 is 3.11 bits per heavy atom. The lowest BCUT2D eigenvalue weighted by atomic mass is 10.2. The summed E-state index contributed by atoms with van der Waals surface area (Å²) in [6.07, 6.45) is 5.76. The summed E-state index contributed by atoms with van der Waals surface area (Å²) >= 11 is 0. The first-order valence-electron chi connectivity index (χ1n) is 6.01. The van der Waals surface area contributed by atoms with E-state index in [4.69, 9.17) is 0 Å². The first-order valence-corrected chi connectivity index (χ1v) is 7.73. The fourth-order valence-corrected chi connectivity index (χ4v) is 4.21. The largest absolute Gasteiger partial charge is 0.262 e. The first kappa shape index (κ1) is 11.6. The van der Waals surface area contributed by atoms with Crippen LogP contribution in [0.2, 0.25) is 0 Å². The van der Waals surface area contributed by atoms with Gasteiger partial charge in [0.2, 0.25) is 0 Å². The molecule has 0 bridgehead atoms. The normalized spacial score (nSPS) is 23.2. The van der Waals surface area contributed by atoms with Gasteiger partial charge in [0.25, 0.3) is 0 Å². The minimum Gasteiger partial charge on any atom is -0.262 e. The van der Waals surface area contributed by atoms with Gasteiger partial charge in [-0.05, 0) is 18.9 Å². The molecule has 1 saturated heterocycles. The summed E-state index contributed by atoms with van der Waals surface area (Å²) in [4.78, 5) is 3.97. The zero-order chi connectivity index (χ0) is 12.6. The minimum absolute atomic E-state index is 0.297. The van der Waals surface area contributed by atoms with Crippen molar-refractivity contribution in [1.29, 1.82) is 0 Å². The van der Waals surface area contributed by atoms with Gasteiger partial charge in [0.05, 0.1) is 29.3 Å². The van der Waals surface area contributed by atoms with Crippen LogP contribution < -0.4 is 0 Å². The zero-order valence-corrected chi connectivity index (χ0v) is 10.7. The Balaban J connectivity index is 1.92. The third kappa shape index (κ3) is 1.98. The Hall–Kier alpha value is -1.50. The molecule has 0 aliphatic carbocycles. The van der Waals surface area contributed by atoms with Crippen molar-refractivity contribution in [2.45, 2.75) is 31.1 Å². The molecule has 1 fully saturated rings. The number of aromatic nitrogens is 4. The van der Waals surface area contributed by atoms with Gasteiger partial charge in [0.15, 0.2) is 9.84 Å². The number of hydrogen-bond acceptors (Lipinski definition) is 5. The highest BCUT2D eigenvalue weighted by Gasteiger charge is 2.29. The topological polar surface area (TPSA) is 77.7 Å². The molecule has 6 nitrogen and oxygen atoms in total. The molecule has 2 aromatic rings. The van der Waals surface area contributed by atoms with Crippen LogP contribution in [0.15, 0.2) is 18.5 Å². The van der Waals surface area contributed by atoms with Crippen LogP contribution in [0.25, 0.3) is 11.0 Å². The molecule has 0 amide bonds. The molecule has 0 aromatic carbocycles. The van der Waals surface area contributed by atoms with Gasteiger partial charge in [-0.3, -0.25) is 4.98 Å². The predicted octanol–water partition coefficient (Wildman–Crippen LogP) is 0.794. The van der Waals surface area contributed by atoms with E-state index < -0.39 is 9.84 Å². The van der Waals surface area contributed by atoms with Crippen molar-refractivity contribution in [3.63, 3.8) is 0 Å². The van der Waals surface area contributed by atoms with Crippen molar-refractivity contribution < 1.29 is 8.42 Å². The van der Waals surface area contributed by atoms with Gasteiger partial charge in [0.1, 0.15) is 5.52 Å². The van der Waals surface area contributed by atoms with E-state index in [9.17, 15) is 8.42 Å². The number of rotatable bonds is 2. The van der Waals surface area contributed by atoms with Gasteiger partial charge in [-0.2, -0.15) is 0 Å². The van der Waals surface area contributed by atoms with Crippen LogP contribution in [0, 0.1) is 0 Å². The van der Waals surface area contributed by atoms with Gasteiger partial charge in [-0.25, -0.2) is 13.1 Å². The van der Waals surface area contributed by atoms with Gasteiger partial charge >= 0.3 is 0 Å². The van der Waals surface area contributed by atoms with Crippen molar-refractivity contribution in [2.24, 2.45) is 0 Å². The number of hydrogen-bond donors (Lipinski definition) is 0. The van der Waals surface area contributed by atoms with Crippen molar-refractivity contribution in [3.05, 3.63) is 18.5 Å². The van der Waals surface area contributed by atoms with E-state index in [1.54, 1.807) is 17.1 Å². The van der Waals surface area contributed by atoms with Crippen LogP contribution >= 0.6 is 0 Å². The van der Waals surface area contributed by atoms with E-state index in [2.05, 4.69) is 15.3 Å². The number of fused-ring (bicyclic) bond motifs is 1. The van der Waals surface area contributed by atoms with Crippen molar-refractivity contribution in [2.75, 3.05) is 5.75 Å². The zero-order valence-electron chi connectivity index (χ0n) is 9.86. The highest BCUT2D eigenvalue weighted by molar-refractivity contribution is 7.92. The summed E-state index contributed by atoms with van der Waals surface area (Å²) < 4.78 is 25.6. The molecule has 3 heterocycles. The smallest absolute Gasteiger partial charge is 0.154 e. The second-order valence-corrected chi connectivity index (χ2v) is 7.02. The fourth-order valence-electron chi connectivity index (χ4n) is 2.38. The molecule has 18 heavy (non-hydrogen) atoms. The molecule has 1 aliphatic heterocycles. The van der Waals surface area contributed by atoms with E-state index >= 15 is 0 Å². The van der Waals surface area contributed by atoms with Crippen LogP contribution in [-0.2, 0) is 16.4 Å². The quantitative estimate of drug-likeness (QED) is 0.803. The molecule has 2 aromatic heterocycles. The Labute approximate surface area is 105 Å². The molecule has 96 valence electrons. The molecule has 3 rings (SSSR count). The average Bonchev–Trinajstić information content (AvgIpc) is 2.75. The summed E-state index contributed by atoms with van der Waals surface area (Å²) in [6, 6.07) is 1.81. The maximum Gasteiger partial charge on any atom is 0.154 e. The van der Waals surface area contributed by atoms with Crippen molar-refractivity contribution in [1.82, 2.24) is 20.0 Å². The molecule has 0 saturated carbocycles. The monoisotopic (exact) mass is 266 g/mol. The average molecular weight is 266 g/mol. The van der Waals surface area contributed by atoms with Gasteiger partial charge in [-0.1, -0.05) is 11.6 Å². The Morgan fingerprint density at radius 2 is 2.28 bits per heavy atom. The fraction of sp³-hybridized carbons (Fsp3) is 0.545. The maximum atomic E-state index is 12.0. The molecule has 0 spiro atoms. The van der Waals surface area contributed by atoms with Crippen molar-refractivity contribution in [3.8, 4) is 0 Å². The second kappa shape index (κ2) is 4.31. The number of pyridine rings is 1. The van der Waals surface area contributed by atoms with E-state index in [0.29, 0.717) is 17.8 Å². The van der Waals surface area contributed by atoms with Crippen molar-refractivity contribution >= 4 is 20.9 Å². The number of nitrogens with zero attached hydrogens (tertiary/aromatic N) is 4. The summed E-state index contributed by atoms with van der Waals surface area (Å²) in [5.41, 5.74) is 1.54. The lowest BCUT2D eigenvalue weighted by Gasteiger charge is -2.21. The van der Waals surface area contributed by atoms with Crippen LogP contribution in [0.5, 0.6) is 0 Å². The summed E-state index contributed by atoms with van der Waals surface area (Å²) in [6.45, 7) is 0.392. The highest BCUT2D eigenvalue weighted by Crippen LogP contribution is 2.22. The second-order valence-electron chi connectivity index (χ2n) is 4.62. The molecule has 1 aliphatic rings. The molecule has 1 unspecified atom stereocenters. The van der Waals surface area contributed by atoms with Gasteiger partial charge in [-0.15, -0.1) is 5.10 Å². The summed E-state index contributed by atoms with van der Waals surface area (Å²) in [5, 5.41) is 7.68. The lowest BCUT2D eigenvalue weighted by Crippen LogP contribution is -2.32. The summed E-state index contributed by atoms with van der Waals surface area (Å²) in [7, 11) is -2.97. The van der Waals surface area contributed by atoms with Gasteiger partial charge < -0.3 is 0 Å². The Bertz CT molecular complexity index is 664. The van der Waals surface area contributed by atoms with E-state index in [1.807, 2.05) is 6.07 Å². The summed E-state index contributed by atoms with van der Waals surface area (Å²) in [5.74, 6) is 0.297. The third-order valence-corrected chi connectivity index (χ3v) is 5.66. The molecular weight excluding hydrogens is 252 g/mol. The molecule has 1 atom stereocenters. The predicted molar refractivity (Wildman–Crippen MR) is 66.7 cm³/mol. The third-order valence-electron chi connectivity index (χ3n) is 3.41. The SMILES string of the molecule is O=S1(=O)CCCCC1Cn1nnc2cnccc21. The van der Waals surface area contributed by atoms with E-state index in [0.717, 1.165) is 24.8 Å². The maximum absolute atomic E-state index is 12.0. The molecule has 0 N–H and O–H groups in total. The number of sulfone groups is 1. The van der Waals surface area contributed by atoms with Gasteiger partial charge in [0, 0.05) is 6.20 Å². The molecule has 0 radical (unpaired) electrons. The standard InChI is InChI=1S/C11H14N4O2S/c16-18(17)6-2-1-3-9(18)8-15-11-4-5-12-7-10(11)13-14-15/h4-5,7,9H,1-3,6,8H2. The highest BCUT2D eigenvalue weighted by atomic mass is 32.2.